The van der Waals surface area contributed by atoms with Crippen LogP contribution in [0, 0.1) is 0 Å². The maximum absolute atomic E-state index is 10.4. The molecule has 0 saturated heterocycles. The van der Waals surface area contributed by atoms with E-state index in [0.29, 0.717) is 11.6 Å². The smallest absolute Gasteiger partial charge is 0.304 e. The van der Waals surface area contributed by atoms with Crippen LogP contribution in [-0.4, -0.2) is 36.5 Å². The molecule has 1 heterocycles. The Labute approximate surface area is 85.7 Å². The van der Waals surface area contributed by atoms with Gasteiger partial charge in [0.15, 0.2) is 5.82 Å². The van der Waals surface area contributed by atoms with Crippen molar-refractivity contribution in [1.29, 1.82) is 0 Å². The lowest BCUT2D eigenvalue weighted by molar-refractivity contribution is -0.136. The van der Waals surface area contributed by atoms with Gasteiger partial charge in [-0.2, -0.15) is 4.80 Å². The molecule has 0 aliphatic rings. The molecule has 0 aliphatic carbocycles. The molecule has 0 amide bonds. The number of aliphatic carboxylic acids is 1. The Morgan fingerprint density at radius 3 is 2.93 bits per heavy atom. The summed E-state index contributed by atoms with van der Waals surface area (Å²) in [5.74, 6) is 0.453. The van der Waals surface area contributed by atoms with Gasteiger partial charge in [0.05, 0.1) is 19.2 Å². The molecule has 1 atom stereocenters. The van der Waals surface area contributed by atoms with E-state index in [-0.39, 0.29) is 11.7 Å². The Morgan fingerprint density at radius 1 is 1.71 bits per heavy atom. The number of aryl methyl sites for hydroxylation is 1. The molecule has 1 N–H and O–H groups in total. The maximum Gasteiger partial charge on any atom is 0.304 e. The standard InChI is InChI=1S/C7H12N4O2S/c1-5(3-7(12)13)14-4-6-8-10-11(2)9-6/h5H,3-4H2,1-2H3,(H,12,13). The van der Waals surface area contributed by atoms with Crippen LogP contribution in [0.3, 0.4) is 0 Å². The number of rotatable bonds is 5. The van der Waals surface area contributed by atoms with Crippen molar-refractivity contribution >= 4 is 17.7 Å². The van der Waals surface area contributed by atoms with Crippen molar-refractivity contribution in [2.24, 2.45) is 7.05 Å². The number of carbonyl (C=O) groups is 1. The first kappa shape index (κ1) is 11.0. The van der Waals surface area contributed by atoms with E-state index in [9.17, 15) is 4.79 Å². The van der Waals surface area contributed by atoms with Crippen LogP contribution in [0.15, 0.2) is 0 Å². The SMILES string of the molecule is CC(CC(=O)O)SCc1nnn(C)n1. The second-order valence-corrected chi connectivity index (χ2v) is 4.34. The Kier molecular flexibility index (Phi) is 3.87. The van der Waals surface area contributed by atoms with Crippen molar-refractivity contribution in [3.05, 3.63) is 5.82 Å². The Morgan fingerprint density at radius 2 is 2.43 bits per heavy atom. The second-order valence-electron chi connectivity index (χ2n) is 2.91. The van der Waals surface area contributed by atoms with Gasteiger partial charge in [-0.25, -0.2) is 0 Å². The van der Waals surface area contributed by atoms with Gasteiger partial charge in [0, 0.05) is 5.25 Å². The molecule has 7 heteroatoms. The van der Waals surface area contributed by atoms with Crippen LogP contribution in [-0.2, 0) is 17.6 Å². The molecular formula is C7H12N4O2S. The van der Waals surface area contributed by atoms with E-state index in [1.165, 1.54) is 16.6 Å². The van der Waals surface area contributed by atoms with Crippen LogP contribution in [0.2, 0.25) is 0 Å². The summed E-state index contributed by atoms with van der Waals surface area (Å²) < 4.78 is 0. The average molecular weight is 216 g/mol. The number of carboxylic acids is 1. The predicted octanol–water partition coefficient (Wildman–Crippen LogP) is 0.306. The van der Waals surface area contributed by atoms with Gasteiger partial charge in [-0.05, 0) is 5.21 Å². The first-order valence-corrected chi connectivity index (χ1v) is 5.19. The normalized spacial score (nSPS) is 12.7. The maximum atomic E-state index is 10.4. The van der Waals surface area contributed by atoms with Crippen molar-refractivity contribution in [1.82, 2.24) is 20.2 Å². The third kappa shape index (κ3) is 3.73. The molecule has 1 rings (SSSR count). The van der Waals surface area contributed by atoms with Crippen LogP contribution in [0.1, 0.15) is 19.2 Å². The third-order valence-corrected chi connectivity index (χ3v) is 2.67. The van der Waals surface area contributed by atoms with Gasteiger partial charge >= 0.3 is 5.97 Å². The number of thioether (sulfide) groups is 1. The van der Waals surface area contributed by atoms with Crippen LogP contribution < -0.4 is 0 Å². The molecule has 1 aromatic rings. The van der Waals surface area contributed by atoms with Crippen molar-refractivity contribution < 1.29 is 9.90 Å². The zero-order valence-corrected chi connectivity index (χ0v) is 8.86. The molecule has 0 aromatic carbocycles. The summed E-state index contributed by atoms with van der Waals surface area (Å²) in [6, 6.07) is 0. The van der Waals surface area contributed by atoms with Crippen LogP contribution in [0.25, 0.3) is 0 Å². The van der Waals surface area contributed by atoms with Crippen LogP contribution >= 0.6 is 11.8 Å². The number of hydrogen-bond acceptors (Lipinski definition) is 5. The monoisotopic (exact) mass is 216 g/mol. The van der Waals surface area contributed by atoms with E-state index in [4.69, 9.17) is 5.11 Å². The van der Waals surface area contributed by atoms with E-state index in [1.807, 2.05) is 6.92 Å². The minimum atomic E-state index is -0.780. The molecule has 0 saturated carbocycles. The minimum Gasteiger partial charge on any atom is -0.481 e. The molecule has 0 radical (unpaired) electrons. The van der Waals surface area contributed by atoms with Crippen LogP contribution in [0.4, 0.5) is 0 Å². The molecule has 0 fully saturated rings. The number of nitrogens with zero attached hydrogens (tertiary/aromatic N) is 4. The van der Waals surface area contributed by atoms with Gasteiger partial charge in [-0.3, -0.25) is 4.79 Å². The summed E-state index contributed by atoms with van der Waals surface area (Å²) in [7, 11) is 1.70. The van der Waals surface area contributed by atoms with Gasteiger partial charge in [0.25, 0.3) is 0 Å². The third-order valence-electron chi connectivity index (χ3n) is 1.51. The van der Waals surface area contributed by atoms with E-state index >= 15 is 0 Å². The number of hydrogen-bond donors (Lipinski definition) is 1. The molecule has 6 nitrogen and oxygen atoms in total. The highest BCUT2D eigenvalue weighted by molar-refractivity contribution is 7.99. The highest BCUT2D eigenvalue weighted by Gasteiger charge is 2.09. The molecule has 14 heavy (non-hydrogen) atoms. The number of aromatic nitrogens is 4. The van der Waals surface area contributed by atoms with Gasteiger partial charge in [0.1, 0.15) is 0 Å². The minimum absolute atomic E-state index is 0.0660. The number of tetrazole rings is 1. The van der Waals surface area contributed by atoms with E-state index in [2.05, 4.69) is 15.4 Å². The van der Waals surface area contributed by atoms with E-state index < -0.39 is 5.97 Å². The van der Waals surface area contributed by atoms with Crippen molar-refractivity contribution in [2.75, 3.05) is 0 Å². The summed E-state index contributed by atoms with van der Waals surface area (Å²) in [4.78, 5) is 11.8. The molecule has 0 bridgehead atoms. The topological polar surface area (TPSA) is 80.9 Å². The van der Waals surface area contributed by atoms with Crippen molar-refractivity contribution in [3.63, 3.8) is 0 Å². The first-order valence-electron chi connectivity index (χ1n) is 4.14. The Bertz CT molecular complexity index is 314. The molecule has 1 unspecified atom stereocenters. The van der Waals surface area contributed by atoms with E-state index in [0.717, 1.165) is 0 Å². The lowest BCUT2D eigenvalue weighted by Gasteiger charge is -2.05. The fraction of sp³-hybridized carbons (Fsp3) is 0.714. The fourth-order valence-corrected chi connectivity index (χ4v) is 1.71. The highest BCUT2D eigenvalue weighted by atomic mass is 32.2. The lowest BCUT2D eigenvalue weighted by atomic mass is 10.3. The highest BCUT2D eigenvalue weighted by Crippen LogP contribution is 2.17. The summed E-state index contributed by atoms with van der Waals surface area (Å²) in [5.41, 5.74) is 0. The van der Waals surface area contributed by atoms with Crippen molar-refractivity contribution in [2.45, 2.75) is 24.3 Å². The summed E-state index contributed by atoms with van der Waals surface area (Å²) >= 11 is 1.51. The summed E-state index contributed by atoms with van der Waals surface area (Å²) in [6.45, 7) is 1.87. The average Bonchev–Trinajstić information content (AvgIpc) is 2.47. The second kappa shape index (κ2) is 4.94. The molecular weight excluding hydrogens is 204 g/mol. The molecule has 78 valence electrons. The quantitative estimate of drug-likeness (QED) is 0.762. The van der Waals surface area contributed by atoms with Crippen LogP contribution in [0.5, 0.6) is 0 Å². The predicted molar refractivity (Wildman–Crippen MR) is 51.8 cm³/mol. The molecule has 1 aromatic heterocycles. The zero-order chi connectivity index (χ0) is 10.6. The van der Waals surface area contributed by atoms with Gasteiger partial charge in [-0.1, -0.05) is 6.92 Å². The zero-order valence-electron chi connectivity index (χ0n) is 8.04. The fourth-order valence-electron chi connectivity index (χ4n) is 0.903. The van der Waals surface area contributed by atoms with Gasteiger partial charge in [-0.15, -0.1) is 22.0 Å². The molecule has 0 spiro atoms. The summed E-state index contributed by atoms with van der Waals surface area (Å²) in [6.07, 6.45) is 0.158. The van der Waals surface area contributed by atoms with E-state index in [1.54, 1.807) is 7.05 Å². The van der Waals surface area contributed by atoms with Gasteiger partial charge in [0.2, 0.25) is 0 Å². The van der Waals surface area contributed by atoms with Crippen molar-refractivity contribution in [3.8, 4) is 0 Å². The lowest BCUT2D eigenvalue weighted by Crippen LogP contribution is -2.06. The van der Waals surface area contributed by atoms with Gasteiger partial charge < -0.3 is 5.11 Å². The molecule has 0 aliphatic heterocycles. The summed E-state index contributed by atoms with van der Waals surface area (Å²) in [5, 5.41) is 20.1. The number of carboxylic acid groups (broad SMARTS) is 1. The Balaban J connectivity index is 2.30. The first-order chi connectivity index (χ1) is 6.58. The Hall–Kier alpha value is -1.11. The largest absolute Gasteiger partial charge is 0.481 e.